The number of benzene rings is 3. The molecule has 0 bridgehead atoms. The van der Waals surface area contributed by atoms with Gasteiger partial charge in [0.2, 0.25) is 0 Å². The minimum atomic E-state index is -1.11. The van der Waals surface area contributed by atoms with Crippen LogP contribution in [0.2, 0.25) is 5.02 Å². The number of carbonyl (C=O) groups excluding carboxylic acids is 3. The zero-order valence-corrected chi connectivity index (χ0v) is 20.7. The Labute approximate surface area is 215 Å². The minimum Gasteiger partial charge on any atom is -0.349 e. The zero-order valence-electron chi connectivity index (χ0n) is 19.9. The third kappa shape index (κ3) is 5.84. The van der Waals surface area contributed by atoms with Crippen molar-refractivity contribution in [3.8, 4) is 0 Å². The number of aryl methyl sites for hydroxylation is 1. The molecule has 0 aliphatic carbocycles. The number of hydrogen-bond donors (Lipinski definition) is 3. The molecule has 36 heavy (non-hydrogen) atoms. The van der Waals surface area contributed by atoms with Gasteiger partial charge in [0.25, 0.3) is 11.8 Å². The van der Waals surface area contributed by atoms with Gasteiger partial charge in [0.05, 0.1) is 0 Å². The molecule has 8 nitrogen and oxygen atoms in total. The first kappa shape index (κ1) is 25.2. The predicted octanol–water partition coefficient (Wildman–Crippen LogP) is 3.74. The lowest BCUT2D eigenvalue weighted by molar-refractivity contribution is -0.128. The lowest BCUT2D eigenvalue weighted by Gasteiger charge is -2.29. The Morgan fingerprint density at radius 3 is 2.36 bits per heavy atom. The van der Waals surface area contributed by atoms with Crippen LogP contribution in [0.15, 0.2) is 72.8 Å². The van der Waals surface area contributed by atoms with Crippen LogP contribution in [0, 0.1) is 6.92 Å². The predicted molar refractivity (Wildman–Crippen MR) is 139 cm³/mol. The molecule has 4 amide bonds. The Morgan fingerprint density at radius 1 is 0.944 bits per heavy atom. The highest BCUT2D eigenvalue weighted by Gasteiger charge is 2.43. The molecule has 1 heterocycles. The van der Waals surface area contributed by atoms with E-state index in [0.29, 0.717) is 22.8 Å². The largest absolute Gasteiger partial charge is 0.349 e. The quantitative estimate of drug-likeness (QED) is 0.474. The van der Waals surface area contributed by atoms with Crippen molar-refractivity contribution < 1.29 is 14.4 Å². The highest BCUT2D eigenvalue weighted by atomic mass is 35.5. The summed E-state index contributed by atoms with van der Waals surface area (Å²) in [4.78, 5) is 42.8. The van der Waals surface area contributed by atoms with Crippen molar-refractivity contribution in [1.29, 1.82) is 0 Å². The van der Waals surface area contributed by atoms with Crippen LogP contribution in [-0.4, -0.2) is 46.9 Å². The van der Waals surface area contributed by atoms with E-state index in [1.54, 1.807) is 42.5 Å². The summed E-state index contributed by atoms with van der Waals surface area (Å²) in [6.07, 6.45) is -1.11. The third-order valence-electron chi connectivity index (χ3n) is 5.98. The van der Waals surface area contributed by atoms with Crippen LogP contribution in [0.3, 0.4) is 0 Å². The topological polar surface area (TPSA) is 108 Å². The second-order valence-electron chi connectivity index (χ2n) is 8.61. The van der Waals surface area contributed by atoms with Crippen LogP contribution in [0.1, 0.15) is 27.0 Å². The molecule has 186 valence electrons. The standard InChI is InChI=1S/C27H28ClN5O3/c1-18-4-2-7-21(14-18)26(35)32-12-13-33(27(36)31-23-10-8-22(28)9-11-23)25(32)24(34)30-17-20-6-3-5-19(15-20)16-29/h2-11,14-15,25H,12-13,16-17,29H2,1H3,(H,30,34)(H,31,36). The third-order valence-corrected chi connectivity index (χ3v) is 6.23. The van der Waals surface area contributed by atoms with Crippen molar-refractivity contribution in [2.45, 2.75) is 26.2 Å². The van der Waals surface area contributed by atoms with E-state index in [2.05, 4.69) is 10.6 Å². The molecule has 1 atom stereocenters. The summed E-state index contributed by atoms with van der Waals surface area (Å²) in [5.74, 6) is -0.760. The molecular weight excluding hydrogens is 478 g/mol. The Morgan fingerprint density at radius 2 is 1.64 bits per heavy atom. The summed E-state index contributed by atoms with van der Waals surface area (Å²) < 4.78 is 0. The number of rotatable bonds is 6. The van der Waals surface area contributed by atoms with Crippen molar-refractivity contribution in [3.63, 3.8) is 0 Å². The van der Waals surface area contributed by atoms with E-state index in [1.807, 2.05) is 37.3 Å². The van der Waals surface area contributed by atoms with Gasteiger partial charge in [0.15, 0.2) is 6.17 Å². The lowest BCUT2D eigenvalue weighted by Crippen LogP contribution is -2.54. The Bertz CT molecular complexity index is 1260. The minimum absolute atomic E-state index is 0.206. The molecule has 1 saturated heterocycles. The van der Waals surface area contributed by atoms with Gasteiger partial charge < -0.3 is 21.3 Å². The number of anilines is 1. The number of hydrogen-bond acceptors (Lipinski definition) is 4. The molecule has 4 rings (SSSR count). The Kier molecular flexibility index (Phi) is 7.87. The maximum atomic E-state index is 13.4. The fourth-order valence-corrected chi connectivity index (χ4v) is 4.28. The molecule has 1 fully saturated rings. The molecule has 0 spiro atoms. The van der Waals surface area contributed by atoms with Gasteiger partial charge in [-0.2, -0.15) is 0 Å². The van der Waals surface area contributed by atoms with Crippen molar-refractivity contribution >= 4 is 35.1 Å². The second-order valence-corrected chi connectivity index (χ2v) is 9.05. The number of halogens is 1. The van der Waals surface area contributed by atoms with E-state index in [-0.39, 0.29) is 25.5 Å². The van der Waals surface area contributed by atoms with E-state index in [4.69, 9.17) is 17.3 Å². The maximum Gasteiger partial charge on any atom is 0.323 e. The molecular formula is C27H28ClN5O3. The fraction of sp³-hybridized carbons (Fsp3) is 0.222. The normalized spacial score (nSPS) is 15.0. The first-order valence-electron chi connectivity index (χ1n) is 11.6. The number of nitrogens with one attached hydrogen (secondary N) is 2. The molecule has 0 saturated carbocycles. The van der Waals surface area contributed by atoms with E-state index in [0.717, 1.165) is 16.7 Å². The molecule has 1 aliphatic heterocycles. The van der Waals surface area contributed by atoms with Crippen molar-refractivity contribution in [2.24, 2.45) is 5.73 Å². The van der Waals surface area contributed by atoms with Crippen molar-refractivity contribution in [1.82, 2.24) is 15.1 Å². The van der Waals surface area contributed by atoms with Gasteiger partial charge in [-0.3, -0.25) is 14.5 Å². The molecule has 1 aliphatic rings. The van der Waals surface area contributed by atoms with Crippen LogP contribution < -0.4 is 16.4 Å². The summed E-state index contributed by atoms with van der Waals surface area (Å²) in [6, 6.07) is 20.9. The first-order valence-corrected chi connectivity index (χ1v) is 12.0. The molecule has 1 unspecified atom stereocenters. The highest BCUT2D eigenvalue weighted by Crippen LogP contribution is 2.22. The van der Waals surface area contributed by atoms with Crippen molar-refractivity contribution in [3.05, 3.63) is 100 Å². The number of amides is 4. The summed E-state index contributed by atoms with van der Waals surface area (Å²) in [5.41, 5.74) is 9.47. The summed E-state index contributed by atoms with van der Waals surface area (Å²) in [7, 11) is 0. The molecule has 9 heteroatoms. The fourth-order valence-electron chi connectivity index (χ4n) is 4.16. The summed E-state index contributed by atoms with van der Waals surface area (Å²) in [5, 5.41) is 6.21. The molecule has 3 aromatic rings. The van der Waals surface area contributed by atoms with Crippen LogP contribution in [0.25, 0.3) is 0 Å². The lowest BCUT2D eigenvalue weighted by atomic mass is 10.1. The van der Waals surface area contributed by atoms with E-state index in [9.17, 15) is 14.4 Å². The van der Waals surface area contributed by atoms with Gasteiger partial charge in [-0.1, -0.05) is 53.6 Å². The zero-order chi connectivity index (χ0) is 25.7. The summed E-state index contributed by atoms with van der Waals surface area (Å²) in [6.45, 7) is 2.95. The maximum absolute atomic E-state index is 13.4. The number of nitrogens with two attached hydrogens (primary N) is 1. The monoisotopic (exact) mass is 505 g/mol. The molecule has 0 aromatic heterocycles. The average molecular weight is 506 g/mol. The SMILES string of the molecule is Cc1cccc(C(=O)N2CCN(C(=O)Nc3ccc(Cl)cc3)C2C(=O)NCc2cccc(CN)c2)c1. The van der Waals surface area contributed by atoms with Gasteiger partial charge in [-0.15, -0.1) is 0 Å². The van der Waals surface area contributed by atoms with Gasteiger partial charge >= 0.3 is 6.03 Å². The Hall–Kier alpha value is -3.88. The first-order chi connectivity index (χ1) is 17.4. The van der Waals surface area contributed by atoms with Crippen molar-refractivity contribution in [2.75, 3.05) is 18.4 Å². The van der Waals surface area contributed by atoms with Gasteiger partial charge in [-0.25, -0.2) is 4.79 Å². The van der Waals surface area contributed by atoms with Crippen LogP contribution >= 0.6 is 11.6 Å². The summed E-state index contributed by atoms with van der Waals surface area (Å²) >= 11 is 5.94. The van der Waals surface area contributed by atoms with E-state index in [1.165, 1.54) is 9.80 Å². The van der Waals surface area contributed by atoms with Crippen LogP contribution in [-0.2, 0) is 17.9 Å². The van der Waals surface area contributed by atoms with Gasteiger partial charge in [-0.05, 0) is 54.4 Å². The Balaban J connectivity index is 1.56. The molecule has 4 N–H and O–H groups in total. The van der Waals surface area contributed by atoms with Gasteiger partial charge in [0.1, 0.15) is 0 Å². The highest BCUT2D eigenvalue weighted by molar-refractivity contribution is 6.30. The number of carbonyl (C=O) groups is 3. The average Bonchev–Trinajstić information content (AvgIpc) is 3.34. The number of urea groups is 1. The van der Waals surface area contributed by atoms with Crippen LogP contribution in [0.5, 0.6) is 0 Å². The number of nitrogens with zero attached hydrogens (tertiary/aromatic N) is 2. The van der Waals surface area contributed by atoms with E-state index < -0.39 is 18.1 Å². The van der Waals surface area contributed by atoms with E-state index >= 15 is 0 Å². The van der Waals surface area contributed by atoms with Crippen LogP contribution in [0.4, 0.5) is 10.5 Å². The molecule has 3 aromatic carbocycles. The molecule has 0 radical (unpaired) electrons. The van der Waals surface area contributed by atoms with Gasteiger partial charge in [0, 0.05) is 42.5 Å². The second kappa shape index (κ2) is 11.2. The smallest absolute Gasteiger partial charge is 0.323 e.